The lowest BCUT2D eigenvalue weighted by Crippen LogP contribution is -2.32. The number of carbonyl (C=O) groups is 2. The van der Waals surface area contributed by atoms with Crippen molar-refractivity contribution in [2.75, 3.05) is 27.4 Å². The van der Waals surface area contributed by atoms with E-state index in [1.165, 1.54) is 4.90 Å². The van der Waals surface area contributed by atoms with Crippen LogP contribution < -0.4 is 14.2 Å². The molecule has 1 heterocycles. The van der Waals surface area contributed by atoms with E-state index < -0.39 is 0 Å². The van der Waals surface area contributed by atoms with E-state index in [2.05, 4.69) is 26.0 Å². The number of benzene rings is 3. The molecule has 35 heavy (non-hydrogen) atoms. The number of fused-ring (bicyclic) bond motifs is 1. The minimum Gasteiger partial charge on any atom is -0.497 e. The molecule has 0 radical (unpaired) electrons. The van der Waals surface area contributed by atoms with Crippen LogP contribution in [0.2, 0.25) is 0 Å². The molecule has 1 aliphatic heterocycles. The van der Waals surface area contributed by atoms with Crippen LogP contribution in [0.4, 0.5) is 4.79 Å². The monoisotopic (exact) mass is 491 g/mol. The number of amides is 2. The largest absolute Gasteiger partial charge is 0.497 e. The first-order chi connectivity index (χ1) is 16.8. The maximum atomic E-state index is 13.1. The summed E-state index contributed by atoms with van der Waals surface area (Å²) >= 11 is 0.927. The minimum absolute atomic E-state index is 0.175. The Balaban J connectivity index is 1.56. The second-order valence-electron chi connectivity index (χ2n) is 8.65. The fraction of sp³-hybridized carbons (Fsp3) is 0.286. The van der Waals surface area contributed by atoms with Gasteiger partial charge in [-0.1, -0.05) is 38.1 Å². The van der Waals surface area contributed by atoms with Crippen molar-refractivity contribution < 1.29 is 23.8 Å². The van der Waals surface area contributed by atoms with E-state index in [1.54, 1.807) is 20.3 Å². The van der Waals surface area contributed by atoms with Crippen LogP contribution in [0.5, 0.6) is 17.2 Å². The molecule has 1 aliphatic rings. The van der Waals surface area contributed by atoms with Gasteiger partial charge in [0.1, 0.15) is 23.9 Å². The van der Waals surface area contributed by atoms with E-state index in [9.17, 15) is 9.59 Å². The molecule has 0 unspecified atom stereocenters. The smallest absolute Gasteiger partial charge is 0.293 e. The van der Waals surface area contributed by atoms with Crippen LogP contribution in [0, 0.1) is 6.92 Å². The number of ether oxygens (including phenoxy) is 3. The fourth-order valence-electron chi connectivity index (χ4n) is 4.07. The molecule has 0 spiro atoms. The van der Waals surface area contributed by atoms with E-state index in [-0.39, 0.29) is 24.3 Å². The predicted molar refractivity (Wildman–Crippen MR) is 140 cm³/mol. The molecule has 2 amide bonds. The zero-order chi connectivity index (χ0) is 25.1. The second kappa shape index (κ2) is 10.4. The van der Waals surface area contributed by atoms with Crippen molar-refractivity contribution in [1.82, 2.24) is 4.90 Å². The first kappa shape index (κ1) is 24.7. The lowest BCUT2D eigenvalue weighted by Gasteiger charge is -2.17. The summed E-state index contributed by atoms with van der Waals surface area (Å²) < 4.78 is 16.9. The van der Waals surface area contributed by atoms with Crippen molar-refractivity contribution in [1.29, 1.82) is 0 Å². The van der Waals surface area contributed by atoms with Gasteiger partial charge in [-0.15, -0.1) is 0 Å². The third-order valence-corrected chi connectivity index (χ3v) is 6.87. The van der Waals surface area contributed by atoms with Crippen LogP contribution in [0.3, 0.4) is 0 Å². The molecular formula is C28H29NO5S. The molecule has 3 aromatic rings. The molecule has 3 aromatic carbocycles. The van der Waals surface area contributed by atoms with Gasteiger partial charge in [0.15, 0.2) is 0 Å². The lowest BCUT2D eigenvalue weighted by atomic mass is 10.0. The fourth-order valence-corrected chi connectivity index (χ4v) is 4.92. The number of hydrogen-bond donors (Lipinski definition) is 0. The summed E-state index contributed by atoms with van der Waals surface area (Å²) in [6.07, 6.45) is 1.73. The van der Waals surface area contributed by atoms with E-state index in [0.717, 1.165) is 45.0 Å². The van der Waals surface area contributed by atoms with Crippen LogP contribution in [0.25, 0.3) is 16.8 Å². The summed E-state index contributed by atoms with van der Waals surface area (Å²) in [7, 11) is 3.19. The third-order valence-electron chi connectivity index (χ3n) is 5.96. The molecule has 0 saturated carbocycles. The highest BCUT2D eigenvalue weighted by Gasteiger charge is 2.35. The summed E-state index contributed by atoms with van der Waals surface area (Å²) in [6.45, 7) is 6.62. The Hall–Kier alpha value is -3.45. The van der Waals surface area contributed by atoms with Gasteiger partial charge in [-0.05, 0) is 76.8 Å². The number of carbonyl (C=O) groups excluding carboxylic acids is 2. The van der Waals surface area contributed by atoms with E-state index >= 15 is 0 Å². The predicted octanol–water partition coefficient (Wildman–Crippen LogP) is 6.40. The zero-order valence-corrected chi connectivity index (χ0v) is 21.4. The van der Waals surface area contributed by atoms with Gasteiger partial charge in [0.25, 0.3) is 11.1 Å². The average Bonchev–Trinajstić information content (AvgIpc) is 3.11. The summed E-state index contributed by atoms with van der Waals surface area (Å²) in [4.78, 5) is 27.4. The second-order valence-corrected chi connectivity index (χ2v) is 9.64. The molecule has 0 N–H and O–H groups in total. The molecule has 0 aromatic heterocycles. The SMILES string of the molecule is COc1ccc2ccc(OC)c(/C=C3\SC(=O)N(CCOc4cc(C)ccc4C(C)C)C3=O)c2c1. The van der Waals surface area contributed by atoms with Gasteiger partial charge in [0.05, 0.1) is 25.7 Å². The lowest BCUT2D eigenvalue weighted by molar-refractivity contribution is -0.123. The van der Waals surface area contributed by atoms with Crippen molar-refractivity contribution in [3.05, 3.63) is 70.1 Å². The first-order valence-electron chi connectivity index (χ1n) is 11.5. The van der Waals surface area contributed by atoms with Crippen LogP contribution in [-0.2, 0) is 4.79 Å². The summed E-state index contributed by atoms with van der Waals surface area (Å²) in [5.74, 6) is 2.07. The highest BCUT2D eigenvalue weighted by molar-refractivity contribution is 8.18. The van der Waals surface area contributed by atoms with Gasteiger partial charge in [-0.25, -0.2) is 0 Å². The topological polar surface area (TPSA) is 65.1 Å². The Kier molecular flexibility index (Phi) is 7.36. The number of hydrogen-bond acceptors (Lipinski definition) is 6. The van der Waals surface area contributed by atoms with Crippen molar-refractivity contribution >= 4 is 39.8 Å². The molecular weight excluding hydrogens is 462 g/mol. The molecule has 7 heteroatoms. The van der Waals surface area contributed by atoms with Gasteiger partial charge < -0.3 is 14.2 Å². The molecule has 1 fully saturated rings. The average molecular weight is 492 g/mol. The number of nitrogens with zero attached hydrogens (tertiary/aromatic N) is 1. The molecule has 182 valence electrons. The van der Waals surface area contributed by atoms with Gasteiger partial charge in [-0.2, -0.15) is 0 Å². The minimum atomic E-state index is -0.334. The highest BCUT2D eigenvalue weighted by atomic mass is 32.2. The van der Waals surface area contributed by atoms with Gasteiger partial charge in [0.2, 0.25) is 0 Å². The van der Waals surface area contributed by atoms with E-state index in [0.29, 0.717) is 22.3 Å². The number of aryl methyl sites for hydroxylation is 1. The number of imide groups is 1. The van der Waals surface area contributed by atoms with Crippen LogP contribution >= 0.6 is 11.8 Å². The number of methoxy groups -OCH3 is 2. The van der Waals surface area contributed by atoms with E-state index in [4.69, 9.17) is 14.2 Å². The third kappa shape index (κ3) is 5.15. The molecule has 0 bridgehead atoms. The Morgan fingerprint density at radius 1 is 0.971 bits per heavy atom. The van der Waals surface area contributed by atoms with Crippen LogP contribution in [0.15, 0.2) is 53.4 Å². The Morgan fingerprint density at radius 3 is 2.46 bits per heavy atom. The molecule has 0 aliphatic carbocycles. The molecule has 6 nitrogen and oxygen atoms in total. The summed E-state index contributed by atoms with van der Waals surface area (Å²) in [5.41, 5.74) is 2.93. The van der Waals surface area contributed by atoms with Gasteiger partial charge in [0, 0.05) is 5.56 Å². The summed E-state index contributed by atoms with van der Waals surface area (Å²) in [5, 5.41) is 1.54. The van der Waals surface area contributed by atoms with Gasteiger partial charge >= 0.3 is 0 Å². The standard InChI is InChI=1S/C28H29NO5S/c1-17(2)21-10-6-18(3)14-25(21)34-13-12-29-27(30)26(35-28(29)31)16-23-22-15-20(32-4)9-7-19(22)8-11-24(23)33-5/h6-11,14-17H,12-13H2,1-5H3/b26-16-. The van der Waals surface area contributed by atoms with Crippen molar-refractivity contribution in [3.63, 3.8) is 0 Å². The Labute approximate surface area is 209 Å². The van der Waals surface area contributed by atoms with Crippen LogP contribution in [-0.4, -0.2) is 43.4 Å². The van der Waals surface area contributed by atoms with Crippen molar-refractivity contribution in [2.45, 2.75) is 26.7 Å². The first-order valence-corrected chi connectivity index (χ1v) is 12.3. The highest BCUT2D eigenvalue weighted by Crippen LogP contribution is 2.37. The van der Waals surface area contributed by atoms with E-state index in [1.807, 2.05) is 43.3 Å². The number of rotatable bonds is 8. The van der Waals surface area contributed by atoms with Gasteiger partial charge in [-0.3, -0.25) is 14.5 Å². The Bertz CT molecular complexity index is 1310. The zero-order valence-electron chi connectivity index (χ0n) is 20.6. The summed E-state index contributed by atoms with van der Waals surface area (Å²) in [6, 6.07) is 15.6. The molecule has 0 atom stereocenters. The van der Waals surface area contributed by atoms with Crippen molar-refractivity contribution in [3.8, 4) is 17.2 Å². The number of thioether (sulfide) groups is 1. The normalized spacial score (nSPS) is 14.9. The quantitative estimate of drug-likeness (QED) is 0.340. The Morgan fingerprint density at radius 2 is 1.74 bits per heavy atom. The maximum Gasteiger partial charge on any atom is 0.293 e. The maximum absolute atomic E-state index is 13.1. The molecule has 4 rings (SSSR count). The molecule has 1 saturated heterocycles. The van der Waals surface area contributed by atoms with Crippen molar-refractivity contribution in [2.24, 2.45) is 0 Å². The van der Waals surface area contributed by atoms with Crippen LogP contribution in [0.1, 0.15) is 36.5 Å².